The Labute approximate surface area is 358 Å². The van der Waals surface area contributed by atoms with Crippen molar-refractivity contribution in [1.29, 1.82) is 0 Å². The van der Waals surface area contributed by atoms with Crippen molar-refractivity contribution in [3.63, 3.8) is 0 Å². The van der Waals surface area contributed by atoms with Crippen LogP contribution in [0.5, 0.6) is 0 Å². The van der Waals surface area contributed by atoms with Gasteiger partial charge in [0.05, 0.1) is 6.10 Å². The Morgan fingerprint density at radius 2 is 1.02 bits per heavy atom. The van der Waals surface area contributed by atoms with E-state index in [2.05, 4.69) is 38.2 Å². The third kappa shape index (κ3) is 22.7. The molecule has 2 aliphatic rings. The summed E-state index contributed by atoms with van der Waals surface area (Å²) < 4.78 is 27.8. The fourth-order valence-corrected chi connectivity index (χ4v) is 7.45. The highest BCUT2D eigenvalue weighted by atomic mass is 16.8. The van der Waals surface area contributed by atoms with E-state index in [0.29, 0.717) is 12.8 Å². The van der Waals surface area contributed by atoms with Crippen molar-refractivity contribution in [2.45, 2.75) is 248 Å². The lowest BCUT2D eigenvalue weighted by Crippen LogP contribution is -2.63. The van der Waals surface area contributed by atoms with Gasteiger partial charge in [0.15, 0.2) is 6.10 Å². The zero-order valence-corrected chi connectivity index (χ0v) is 36.7. The quantitative estimate of drug-likeness (QED) is 0.0274. The largest absolute Gasteiger partial charge is 0.463 e. The fraction of sp³-hybridized carbons (Fsp3) is 0.833. The Hall–Kier alpha value is -1.86. The Kier molecular flexibility index (Phi) is 29.6. The first-order valence-corrected chi connectivity index (χ1v) is 23.5. The number of aliphatic hydroxyl groups is 4. The summed E-state index contributed by atoms with van der Waals surface area (Å²) in [5.41, 5.74) is 0. The van der Waals surface area contributed by atoms with Crippen LogP contribution in [0.4, 0.5) is 0 Å². The van der Waals surface area contributed by atoms with Gasteiger partial charge in [-0.25, -0.2) is 0 Å². The van der Waals surface area contributed by atoms with Crippen LogP contribution in [0.3, 0.4) is 0 Å². The molecule has 2 rings (SSSR count). The molecule has 0 aromatic heterocycles. The molecule has 11 nitrogen and oxygen atoms in total. The number of aliphatic hydroxyl groups excluding tert-OH is 4. The van der Waals surface area contributed by atoms with Crippen molar-refractivity contribution in [1.82, 2.24) is 0 Å². The van der Waals surface area contributed by atoms with Crippen molar-refractivity contribution in [2.75, 3.05) is 6.61 Å². The summed E-state index contributed by atoms with van der Waals surface area (Å²) in [6.07, 6.45) is 25.9. The summed E-state index contributed by atoms with van der Waals surface area (Å²) in [6.45, 7) is 15.9. The number of allylic oxidation sites excluding steroid dienone is 4. The van der Waals surface area contributed by atoms with Crippen LogP contribution < -0.4 is 0 Å². The van der Waals surface area contributed by atoms with Gasteiger partial charge in [0.1, 0.15) is 37.1 Å². The van der Waals surface area contributed by atoms with Gasteiger partial charge in [0.2, 0.25) is 12.1 Å². The monoisotopic (exact) mass is 835 g/mol. The van der Waals surface area contributed by atoms with Gasteiger partial charge in [-0.05, 0) is 71.1 Å². The van der Waals surface area contributed by atoms with E-state index in [9.17, 15) is 30.0 Å². The Bertz CT molecular complexity index is 1130. The highest BCUT2D eigenvalue weighted by Crippen LogP contribution is 2.36. The minimum atomic E-state index is -2.40. The zero-order chi connectivity index (χ0) is 43.1. The number of carbonyl (C=O) groups excluding carboxylic acids is 2. The van der Waals surface area contributed by atoms with Crippen LogP contribution in [0, 0.1) is 13.8 Å². The van der Waals surface area contributed by atoms with Gasteiger partial charge in [-0.15, -0.1) is 0 Å². The molecule has 0 amide bonds. The van der Waals surface area contributed by atoms with Gasteiger partial charge < -0.3 is 44.1 Å². The van der Waals surface area contributed by atoms with Gasteiger partial charge in [-0.1, -0.05) is 141 Å². The number of unbranched alkanes of at least 4 members (excludes halogenated alkanes) is 22. The second kappa shape index (κ2) is 32.8. The van der Waals surface area contributed by atoms with E-state index in [1.165, 1.54) is 77.0 Å². The highest BCUT2D eigenvalue weighted by Gasteiger charge is 2.56. The van der Waals surface area contributed by atoms with Crippen LogP contribution in [-0.4, -0.2) is 93.8 Å². The van der Waals surface area contributed by atoms with Gasteiger partial charge in [-0.2, -0.15) is 0 Å². The minimum absolute atomic E-state index is 0.0536. The first kappa shape index (κ1) is 53.3. The number of esters is 2. The van der Waals surface area contributed by atoms with Gasteiger partial charge in [0, 0.05) is 19.8 Å². The molecule has 11 heteroatoms. The molecule has 2 heterocycles. The van der Waals surface area contributed by atoms with Gasteiger partial charge in [0.25, 0.3) is 0 Å². The molecule has 340 valence electrons. The second-order valence-electron chi connectivity index (χ2n) is 16.7. The van der Waals surface area contributed by atoms with Crippen molar-refractivity contribution < 1.29 is 53.7 Å². The molecule has 2 aliphatic heterocycles. The van der Waals surface area contributed by atoms with E-state index in [-0.39, 0.29) is 12.8 Å². The average molecular weight is 835 g/mol. The molecule has 4 radical (unpaired) electrons. The van der Waals surface area contributed by atoms with Crippen LogP contribution >= 0.6 is 0 Å². The number of hydrogen-bond donors (Lipinski definition) is 4. The molecule has 2 fully saturated rings. The summed E-state index contributed by atoms with van der Waals surface area (Å²) in [7, 11) is 0. The predicted octanol–water partition coefficient (Wildman–Crippen LogP) is 9.22. The Morgan fingerprint density at radius 3 is 1.46 bits per heavy atom. The smallest absolute Gasteiger partial charge is 0.306 e. The summed E-state index contributed by atoms with van der Waals surface area (Å²) in [6, 6.07) is 0. The van der Waals surface area contributed by atoms with Crippen molar-refractivity contribution in [3.05, 3.63) is 38.2 Å². The van der Waals surface area contributed by atoms with E-state index in [1.807, 2.05) is 0 Å². The van der Waals surface area contributed by atoms with E-state index in [1.54, 1.807) is 0 Å². The first-order chi connectivity index (χ1) is 28.5. The molecule has 0 unspecified atom stereocenters. The summed E-state index contributed by atoms with van der Waals surface area (Å²) in [5.74, 6) is -3.54. The summed E-state index contributed by atoms with van der Waals surface area (Å²) >= 11 is 0. The van der Waals surface area contributed by atoms with E-state index < -0.39 is 73.4 Å². The Balaban J connectivity index is 1.73. The van der Waals surface area contributed by atoms with Crippen LogP contribution in [0.15, 0.2) is 24.3 Å². The molecule has 0 aromatic carbocycles. The normalized spacial score (nSPS) is 27.3. The van der Waals surface area contributed by atoms with E-state index in [0.717, 1.165) is 77.0 Å². The SMILES string of the molecule is [CH][C@H]1O[C@@]([CH])(O[C@H]2O[C@H](COC(=O)CCCCCCC/C=C\CCCCCCCC)[C@@H](O)[C@H](O)[C@H]2OC(=O)CCCCCCC/C=C\CCCCCCCC)[C@@H](O)[C@@H]1O. The predicted molar refractivity (Wildman–Crippen MR) is 230 cm³/mol. The number of carbonyl (C=O) groups is 2. The molecule has 0 saturated carbocycles. The van der Waals surface area contributed by atoms with Crippen molar-refractivity contribution in [2.24, 2.45) is 0 Å². The van der Waals surface area contributed by atoms with Crippen LogP contribution in [0.1, 0.15) is 194 Å². The lowest BCUT2D eigenvalue weighted by molar-refractivity contribution is -0.364. The second-order valence-corrected chi connectivity index (χ2v) is 16.7. The van der Waals surface area contributed by atoms with Crippen LogP contribution in [0.25, 0.3) is 0 Å². The topological polar surface area (TPSA) is 161 Å². The molecule has 0 aromatic rings. The molecule has 0 aliphatic carbocycles. The summed E-state index contributed by atoms with van der Waals surface area (Å²) in [4.78, 5) is 25.5. The van der Waals surface area contributed by atoms with Gasteiger partial charge in [-0.3, -0.25) is 9.59 Å². The van der Waals surface area contributed by atoms with Gasteiger partial charge >= 0.3 is 11.9 Å². The molecule has 4 N–H and O–H groups in total. The van der Waals surface area contributed by atoms with Crippen LogP contribution in [-0.2, 0) is 33.3 Å². The third-order valence-corrected chi connectivity index (χ3v) is 11.3. The average Bonchev–Trinajstić information content (AvgIpc) is 3.41. The lowest BCUT2D eigenvalue weighted by Gasteiger charge is -2.44. The molecule has 0 bridgehead atoms. The standard InChI is InChI=1S/C48H82O11/c1-5-7-9-11-13-15-17-19-21-23-25-27-29-31-33-35-40(49)55-37-39-43(52)44(53)45(47(56-39)59-48(4)46(54)42(51)38(3)58-48)57-41(50)36-34-32-30-28-26-24-22-20-18-16-14-12-10-8-6-2/h3-4,19-22,38-39,42-47,51-54H,5-18,23-37H2,1-2H3/b21-19-,22-20-/t38-,39-,42-,43-,44+,45-,46+,47-,48+/m1/s1. The molecular formula is C48H82O11. The first-order valence-electron chi connectivity index (χ1n) is 23.5. The maximum Gasteiger partial charge on any atom is 0.306 e. The van der Waals surface area contributed by atoms with Crippen molar-refractivity contribution >= 4 is 11.9 Å². The van der Waals surface area contributed by atoms with E-state index >= 15 is 0 Å². The summed E-state index contributed by atoms with van der Waals surface area (Å²) in [5, 5.41) is 42.8. The van der Waals surface area contributed by atoms with E-state index in [4.69, 9.17) is 37.5 Å². The number of hydrogen-bond acceptors (Lipinski definition) is 11. The number of rotatable bonds is 35. The lowest BCUT2D eigenvalue weighted by atomic mass is 9.98. The Morgan fingerprint density at radius 1 is 0.593 bits per heavy atom. The maximum absolute atomic E-state index is 12.9. The highest BCUT2D eigenvalue weighted by molar-refractivity contribution is 5.70. The molecule has 9 atom stereocenters. The van der Waals surface area contributed by atoms with Crippen molar-refractivity contribution in [3.8, 4) is 0 Å². The molecule has 0 spiro atoms. The van der Waals surface area contributed by atoms with Crippen LogP contribution in [0.2, 0.25) is 0 Å². The fourth-order valence-electron chi connectivity index (χ4n) is 7.45. The maximum atomic E-state index is 12.9. The molecular weight excluding hydrogens is 753 g/mol. The minimum Gasteiger partial charge on any atom is -0.463 e. The number of ether oxygens (including phenoxy) is 5. The molecule has 59 heavy (non-hydrogen) atoms. The molecule has 2 saturated heterocycles. The zero-order valence-electron chi connectivity index (χ0n) is 36.7. The third-order valence-electron chi connectivity index (χ3n) is 11.3.